The highest BCUT2D eigenvalue weighted by atomic mass is 16.5. The first kappa shape index (κ1) is 12.4. The molecule has 0 aliphatic heterocycles. The zero-order valence-corrected chi connectivity index (χ0v) is 10.6. The molecule has 5 nitrogen and oxygen atoms in total. The van der Waals surface area contributed by atoms with Crippen molar-refractivity contribution in [3.63, 3.8) is 0 Å². The van der Waals surface area contributed by atoms with Gasteiger partial charge in [0.2, 0.25) is 5.89 Å². The molecule has 0 unspecified atom stereocenters. The van der Waals surface area contributed by atoms with E-state index in [1.807, 2.05) is 0 Å². The van der Waals surface area contributed by atoms with Crippen molar-refractivity contribution in [1.29, 1.82) is 0 Å². The molecule has 1 aliphatic rings. The standard InChI is InChI=1S/C12H21N3O2/c1-9(10-6-4-3-5-7-10)13-12-15-14-11(17-12)8-16-2/h9-10H,3-8H2,1-2H3,(H,13,15)/t9-/m1/s1. The lowest BCUT2D eigenvalue weighted by Gasteiger charge is -2.27. The van der Waals surface area contributed by atoms with E-state index in [4.69, 9.17) is 9.15 Å². The fourth-order valence-corrected chi connectivity index (χ4v) is 2.44. The number of ether oxygens (including phenoxy) is 1. The zero-order valence-electron chi connectivity index (χ0n) is 10.6. The fraction of sp³-hybridized carbons (Fsp3) is 0.833. The Morgan fingerprint density at radius 3 is 2.82 bits per heavy atom. The molecular weight excluding hydrogens is 218 g/mol. The maximum Gasteiger partial charge on any atom is 0.315 e. The van der Waals surface area contributed by atoms with Crippen molar-refractivity contribution in [2.75, 3.05) is 12.4 Å². The Labute approximate surface area is 102 Å². The summed E-state index contributed by atoms with van der Waals surface area (Å²) in [6.45, 7) is 2.56. The molecule has 0 spiro atoms. The summed E-state index contributed by atoms with van der Waals surface area (Å²) in [5.74, 6) is 1.24. The molecule has 1 atom stereocenters. The minimum Gasteiger partial charge on any atom is -0.406 e. The molecule has 1 N–H and O–H groups in total. The number of methoxy groups -OCH3 is 1. The topological polar surface area (TPSA) is 60.2 Å². The number of aromatic nitrogens is 2. The highest BCUT2D eigenvalue weighted by Crippen LogP contribution is 2.27. The Morgan fingerprint density at radius 1 is 1.35 bits per heavy atom. The highest BCUT2D eigenvalue weighted by Gasteiger charge is 2.21. The zero-order chi connectivity index (χ0) is 12.1. The van der Waals surface area contributed by atoms with Crippen LogP contribution in [0.1, 0.15) is 44.9 Å². The van der Waals surface area contributed by atoms with E-state index in [0.717, 1.165) is 5.92 Å². The largest absolute Gasteiger partial charge is 0.406 e. The van der Waals surface area contributed by atoms with Crippen LogP contribution < -0.4 is 5.32 Å². The van der Waals surface area contributed by atoms with Gasteiger partial charge >= 0.3 is 6.01 Å². The summed E-state index contributed by atoms with van der Waals surface area (Å²) < 4.78 is 10.4. The molecule has 1 aromatic rings. The number of nitrogens with one attached hydrogen (secondary N) is 1. The van der Waals surface area contributed by atoms with Crippen molar-refractivity contribution in [3.05, 3.63) is 5.89 Å². The highest BCUT2D eigenvalue weighted by molar-refractivity contribution is 5.19. The monoisotopic (exact) mass is 239 g/mol. The average Bonchev–Trinajstić information content (AvgIpc) is 2.78. The van der Waals surface area contributed by atoms with Gasteiger partial charge in [0.05, 0.1) is 0 Å². The van der Waals surface area contributed by atoms with Crippen molar-refractivity contribution in [2.45, 2.75) is 51.7 Å². The SMILES string of the molecule is COCc1nnc(N[C@H](C)C2CCCCC2)o1. The molecule has 0 saturated heterocycles. The third-order valence-electron chi connectivity index (χ3n) is 3.44. The van der Waals surface area contributed by atoms with Gasteiger partial charge in [0.1, 0.15) is 6.61 Å². The molecule has 0 amide bonds. The second-order valence-electron chi connectivity index (χ2n) is 4.77. The van der Waals surface area contributed by atoms with E-state index in [0.29, 0.717) is 24.6 Å². The Morgan fingerprint density at radius 2 is 2.12 bits per heavy atom. The van der Waals surface area contributed by atoms with Crippen molar-refractivity contribution in [1.82, 2.24) is 10.2 Å². The van der Waals surface area contributed by atoms with Gasteiger partial charge in [-0.2, -0.15) is 0 Å². The number of anilines is 1. The summed E-state index contributed by atoms with van der Waals surface area (Å²) >= 11 is 0. The van der Waals surface area contributed by atoms with Crippen molar-refractivity contribution in [2.24, 2.45) is 5.92 Å². The Balaban J connectivity index is 1.85. The van der Waals surface area contributed by atoms with Crippen LogP contribution in [0.5, 0.6) is 0 Å². The first-order valence-electron chi connectivity index (χ1n) is 6.37. The van der Waals surface area contributed by atoms with Crippen LogP contribution in [0, 0.1) is 5.92 Å². The molecule has 2 rings (SSSR count). The Bertz CT molecular complexity index is 334. The maximum atomic E-state index is 5.43. The van der Waals surface area contributed by atoms with E-state index in [1.165, 1.54) is 32.1 Å². The van der Waals surface area contributed by atoms with E-state index in [-0.39, 0.29) is 0 Å². The molecule has 1 aromatic heterocycles. The smallest absolute Gasteiger partial charge is 0.315 e. The lowest BCUT2D eigenvalue weighted by molar-refractivity contribution is 0.160. The third-order valence-corrected chi connectivity index (χ3v) is 3.44. The van der Waals surface area contributed by atoms with E-state index in [1.54, 1.807) is 7.11 Å². The molecule has 1 heterocycles. The molecule has 1 aliphatic carbocycles. The van der Waals surface area contributed by atoms with Gasteiger partial charge in [-0.05, 0) is 25.7 Å². The van der Waals surface area contributed by atoms with Gasteiger partial charge in [-0.25, -0.2) is 0 Å². The van der Waals surface area contributed by atoms with E-state index in [9.17, 15) is 0 Å². The van der Waals surface area contributed by atoms with Crippen LogP contribution >= 0.6 is 0 Å². The van der Waals surface area contributed by atoms with Crippen molar-refractivity contribution < 1.29 is 9.15 Å². The van der Waals surface area contributed by atoms with E-state index < -0.39 is 0 Å². The first-order valence-corrected chi connectivity index (χ1v) is 6.37. The quantitative estimate of drug-likeness (QED) is 0.855. The number of hydrogen-bond acceptors (Lipinski definition) is 5. The lowest BCUT2D eigenvalue weighted by atomic mass is 9.85. The molecule has 5 heteroatoms. The summed E-state index contributed by atoms with van der Waals surface area (Å²) in [4.78, 5) is 0. The summed E-state index contributed by atoms with van der Waals surface area (Å²) in [5.41, 5.74) is 0. The summed E-state index contributed by atoms with van der Waals surface area (Å²) in [6.07, 6.45) is 6.66. The van der Waals surface area contributed by atoms with Gasteiger partial charge in [-0.15, -0.1) is 5.10 Å². The average molecular weight is 239 g/mol. The van der Waals surface area contributed by atoms with Gasteiger partial charge in [-0.3, -0.25) is 0 Å². The Hall–Kier alpha value is -1.10. The van der Waals surface area contributed by atoms with E-state index in [2.05, 4.69) is 22.4 Å². The van der Waals surface area contributed by atoms with Gasteiger partial charge in [-0.1, -0.05) is 24.4 Å². The van der Waals surface area contributed by atoms with Crippen LogP contribution in [0.3, 0.4) is 0 Å². The molecule has 1 saturated carbocycles. The third kappa shape index (κ3) is 3.43. The van der Waals surface area contributed by atoms with Crippen LogP contribution in [0.4, 0.5) is 6.01 Å². The molecule has 0 radical (unpaired) electrons. The lowest BCUT2D eigenvalue weighted by Crippen LogP contribution is -2.27. The van der Waals surface area contributed by atoms with Gasteiger partial charge < -0.3 is 14.5 Å². The second-order valence-corrected chi connectivity index (χ2v) is 4.77. The number of nitrogens with zero attached hydrogens (tertiary/aromatic N) is 2. The van der Waals surface area contributed by atoms with E-state index >= 15 is 0 Å². The van der Waals surface area contributed by atoms with Gasteiger partial charge in [0, 0.05) is 13.2 Å². The maximum absolute atomic E-state index is 5.43. The van der Waals surface area contributed by atoms with Gasteiger partial charge in [0.15, 0.2) is 0 Å². The number of rotatable bonds is 5. The minimum atomic E-state index is 0.368. The molecule has 0 aromatic carbocycles. The summed E-state index contributed by atoms with van der Waals surface area (Å²) in [7, 11) is 1.61. The summed E-state index contributed by atoms with van der Waals surface area (Å²) in [6, 6.07) is 0.904. The van der Waals surface area contributed by atoms with Crippen LogP contribution in [0.2, 0.25) is 0 Å². The predicted octanol–water partition coefficient (Wildman–Crippen LogP) is 2.60. The van der Waals surface area contributed by atoms with Crippen molar-refractivity contribution >= 4 is 6.01 Å². The fourth-order valence-electron chi connectivity index (χ4n) is 2.44. The molecule has 96 valence electrons. The molecule has 1 fully saturated rings. The molecule has 17 heavy (non-hydrogen) atoms. The number of hydrogen-bond donors (Lipinski definition) is 1. The Kier molecular flexibility index (Phi) is 4.36. The molecule has 0 bridgehead atoms. The van der Waals surface area contributed by atoms with Crippen LogP contribution in [-0.4, -0.2) is 23.3 Å². The van der Waals surface area contributed by atoms with Crippen LogP contribution in [-0.2, 0) is 11.3 Å². The second kappa shape index (κ2) is 6.00. The van der Waals surface area contributed by atoms with Crippen molar-refractivity contribution in [3.8, 4) is 0 Å². The normalized spacial score (nSPS) is 19.2. The summed E-state index contributed by atoms with van der Waals surface area (Å²) in [5, 5.41) is 11.2. The first-order chi connectivity index (χ1) is 8.29. The minimum absolute atomic E-state index is 0.368. The predicted molar refractivity (Wildman–Crippen MR) is 64.7 cm³/mol. The van der Waals surface area contributed by atoms with Gasteiger partial charge in [0.25, 0.3) is 0 Å². The van der Waals surface area contributed by atoms with Crippen LogP contribution in [0.15, 0.2) is 4.42 Å². The van der Waals surface area contributed by atoms with Crippen LogP contribution in [0.25, 0.3) is 0 Å². The molecular formula is C12H21N3O2.